The maximum Gasteiger partial charge on any atom is 0.221 e. The Morgan fingerprint density at radius 2 is 1.58 bits per heavy atom. The summed E-state index contributed by atoms with van der Waals surface area (Å²) in [6.07, 6.45) is 0.629. The molecule has 0 bridgehead atoms. The Morgan fingerprint density at radius 1 is 0.923 bits per heavy atom. The summed E-state index contributed by atoms with van der Waals surface area (Å²) in [7, 11) is 0. The second kappa shape index (κ2) is 8.43. The first-order valence-corrected chi connectivity index (χ1v) is 8.78. The van der Waals surface area contributed by atoms with Gasteiger partial charge in [-0.15, -0.1) is 0 Å². The highest BCUT2D eigenvalue weighted by molar-refractivity contribution is 5.77. The zero-order chi connectivity index (χ0) is 18.4. The van der Waals surface area contributed by atoms with E-state index >= 15 is 0 Å². The van der Waals surface area contributed by atoms with Gasteiger partial charge in [-0.1, -0.05) is 72.8 Å². The first kappa shape index (κ1) is 17.9. The third kappa shape index (κ3) is 4.37. The number of nitrogens with one attached hydrogen (secondary N) is 1. The van der Waals surface area contributed by atoms with Crippen LogP contribution in [0.2, 0.25) is 0 Å². The van der Waals surface area contributed by atoms with Crippen LogP contribution in [0.3, 0.4) is 0 Å². The molecule has 0 radical (unpaired) electrons. The fraction of sp³-hybridized carbons (Fsp3) is 0.174. The molecule has 0 unspecified atom stereocenters. The van der Waals surface area contributed by atoms with Crippen molar-refractivity contribution in [2.45, 2.75) is 25.8 Å². The van der Waals surface area contributed by atoms with Crippen molar-refractivity contribution in [3.8, 4) is 0 Å². The number of hydrogen-bond donors (Lipinski definition) is 1. The van der Waals surface area contributed by atoms with Crippen LogP contribution in [0.4, 0.5) is 4.39 Å². The molecule has 3 aromatic rings. The predicted molar refractivity (Wildman–Crippen MR) is 102 cm³/mol. The standard InChI is InChI=1S/C23H22FNO/c1-17-9-5-7-13-20(17)23(19-11-3-2-4-12-19)25-22(26)16-15-18-10-6-8-14-21(18)24/h2-14,23H,15-16H2,1H3,(H,25,26)/t23-/m1/s1. The predicted octanol–water partition coefficient (Wildman–Crippen LogP) is 4.97. The van der Waals surface area contributed by atoms with Gasteiger partial charge in [0.05, 0.1) is 6.04 Å². The Morgan fingerprint density at radius 3 is 2.31 bits per heavy atom. The molecule has 3 rings (SSSR count). The molecule has 0 aliphatic carbocycles. The van der Waals surface area contributed by atoms with E-state index < -0.39 is 0 Å². The van der Waals surface area contributed by atoms with Gasteiger partial charge in [0.2, 0.25) is 5.91 Å². The average Bonchev–Trinajstić information content (AvgIpc) is 2.67. The molecule has 0 aromatic heterocycles. The van der Waals surface area contributed by atoms with Gasteiger partial charge in [0, 0.05) is 6.42 Å². The zero-order valence-corrected chi connectivity index (χ0v) is 14.8. The Balaban J connectivity index is 1.77. The lowest BCUT2D eigenvalue weighted by Gasteiger charge is -2.21. The van der Waals surface area contributed by atoms with Crippen molar-refractivity contribution in [1.29, 1.82) is 0 Å². The lowest BCUT2D eigenvalue weighted by atomic mass is 9.94. The average molecular weight is 347 g/mol. The molecule has 26 heavy (non-hydrogen) atoms. The van der Waals surface area contributed by atoms with Crippen molar-refractivity contribution >= 4 is 5.91 Å². The van der Waals surface area contributed by atoms with E-state index in [-0.39, 0.29) is 24.2 Å². The highest BCUT2D eigenvalue weighted by Crippen LogP contribution is 2.25. The summed E-state index contributed by atoms with van der Waals surface area (Å²) in [5.74, 6) is -0.357. The van der Waals surface area contributed by atoms with E-state index in [1.54, 1.807) is 18.2 Å². The van der Waals surface area contributed by atoms with Crippen molar-refractivity contribution in [2.24, 2.45) is 0 Å². The van der Waals surface area contributed by atoms with Crippen LogP contribution in [0.15, 0.2) is 78.9 Å². The Hall–Kier alpha value is -2.94. The number of halogens is 1. The highest BCUT2D eigenvalue weighted by Gasteiger charge is 2.18. The fourth-order valence-corrected chi connectivity index (χ4v) is 3.08. The lowest BCUT2D eigenvalue weighted by molar-refractivity contribution is -0.121. The SMILES string of the molecule is Cc1ccccc1[C@H](NC(=O)CCc1ccccc1F)c1ccccc1. The topological polar surface area (TPSA) is 29.1 Å². The molecule has 0 aliphatic rings. The molecule has 0 fully saturated rings. The fourth-order valence-electron chi connectivity index (χ4n) is 3.08. The molecule has 3 aromatic carbocycles. The van der Waals surface area contributed by atoms with E-state index in [4.69, 9.17) is 0 Å². The molecule has 1 N–H and O–H groups in total. The molecular formula is C23H22FNO. The summed E-state index contributed by atoms with van der Waals surface area (Å²) in [5, 5.41) is 3.12. The van der Waals surface area contributed by atoms with Crippen LogP contribution in [-0.4, -0.2) is 5.91 Å². The largest absolute Gasteiger partial charge is 0.345 e. The van der Waals surface area contributed by atoms with E-state index in [9.17, 15) is 9.18 Å². The lowest BCUT2D eigenvalue weighted by Crippen LogP contribution is -2.30. The van der Waals surface area contributed by atoms with Gasteiger partial charge in [-0.3, -0.25) is 4.79 Å². The summed E-state index contributed by atoms with van der Waals surface area (Å²) in [5.41, 5.74) is 3.78. The van der Waals surface area contributed by atoms with Crippen LogP contribution in [-0.2, 0) is 11.2 Å². The molecule has 1 atom stereocenters. The smallest absolute Gasteiger partial charge is 0.221 e. The van der Waals surface area contributed by atoms with E-state index in [1.165, 1.54) is 6.07 Å². The number of hydrogen-bond acceptors (Lipinski definition) is 1. The molecule has 2 nitrogen and oxygen atoms in total. The van der Waals surface area contributed by atoms with Crippen LogP contribution in [0.1, 0.15) is 34.7 Å². The quantitative estimate of drug-likeness (QED) is 0.670. The molecule has 0 saturated carbocycles. The summed E-state index contributed by atoms with van der Waals surface area (Å²) in [6.45, 7) is 2.04. The molecule has 0 spiro atoms. The van der Waals surface area contributed by atoms with Crippen LogP contribution < -0.4 is 5.32 Å². The Kier molecular flexibility index (Phi) is 5.80. The van der Waals surface area contributed by atoms with Crippen LogP contribution in [0.25, 0.3) is 0 Å². The second-order valence-corrected chi connectivity index (χ2v) is 6.36. The van der Waals surface area contributed by atoms with E-state index in [2.05, 4.69) is 5.32 Å². The van der Waals surface area contributed by atoms with Crippen molar-refractivity contribution in [2.75, 3.05) is 0 Å². The normalized spacial score (nSPS) is 11.8. The molecule has 1 amide bonds. The van der Waals surface area contributed by atoms with Gasteiger partial charge in [0.25, 0.3) is 0 Å². The van der Waals surface area contributed by atoms with Crippen LogP contribution in [0.5, 0.6) is 0 Å². The van der Waals surface area contributed by atoms with Crippen molar-refractivity contribution < 1.29 is 9.18 Å². The number of amides is 1. The molecule has 0 saturated heterocycles. The summed E-state index contributed by atoms with van der Waals surface area (Å²) in [4.78, 5) is 12.6. The van der Waals surface area contributed by atoms with Crippen LogP contribution >= 0.6 is 0 Å². The number of carbonyl (C=O) groups is 1. The minimum atomic E-state index is -0.265. The summed E-state index contributed by atoms with van der Waals surface area (Å²) < 4.78 is 13.8. The number of aryl methyl sites for hydroxylation is 2. The van der Waals surface area contributed by atoms with E-state index in [0.29, 0.717) is 12.0 Å². The van der Waals surface area contributed by atoms with Gasteiger partial charge in [0.1, 0.15) is 5.82 Å². The van der Waals surface area contributed by atoms with Gasteiger partial charge in [-0.2, -0.15) is 0 Å². The highest BCUT2D eigenvalue weighted by atomic mass is 19.1. The van der Waals surface area contributed by atoms with E-state index in [0.717, 1.165) is 16.7 Å². The van der Waals surface area contributed by atoms with Crippen LogP contribution in [0, 0.1) is 12.7 Å². The maximum atomic E-state index is 13.8. The van der Waals surface area contributed by atoms with Gasteiger partial charge in [0.15, 0.2) is 0 Å². The third-order valence-corrected chi connectivity index (χ3v) is 4.52. The number of benzene rings is 3. The minimum Gasteiger partial charge on any atom is -0.345 e. The molecule has 3 heteroatoms. The Bertz CT molecular complexity index is 876. The monoisotopic (exact) mass is 347 g/mol. The Labute approximate surface area is 153 Å². The molecule has 132 valence electrons. The number of rotatable bonds is 6. The van der Waals surface area contributed by atoms with Crippen molar-refractivity contribution in [1.82, 2.24) is 5.32 Å². The van der Waals surface area contributed by atoms with Crippen molar-refractivity contribution in [3.05, 3.63) is 107 Å². The van der Waals surface area contributed by atoms with Gasteiger partial charge in [-0.25, -0.2) is 4.39 Å². The maximum absolute atomic E-state index is 13.8. The first-order chi connectivity index (χ1) is 12.6. The summed E-state index contributed by atoms with van der Waals surface area (Å²) in [6, 6.07) is 24.3. The van der Waals surface area contributed by atoms with Gasteiger partial charge < -0.3 is 5.32 Å². The first-order valence-electron chi connectivity index (χ1n) is 8.78. The second-order valence-electron chi connectivity index (χ2n) is 6.36. The van der Waals surface area contributed by atoms with Gasteiger partial charge >= 0.3 is 0 Å². The van der Waals surface area contributed by atoms with Gasteiger partial charge in [-0.05, 0) is 41.7 Å². The van der Waals surface area contributed by atoms with Crippen molar-refractivity contribution in [3.63, 3.8) is 0 Å². The summed E-state index contributed by atoms with van der Waals surface area (Å²) >= 11 is 0. The third-order valence-electron chi connectivity index (χ3n) is 4.52. The zero-order valence-electron chi connectivity index (χ0n) is 14.8. The molecule has 0 aliphatic heterocycles. The van der Waals surface area contributed by atoms with E-state index in [1.807, 2.05) is 61.5 Å². The molecular weight excluding hydrogens is 325 g/mol. The number of carbonyl (C=O) groups excluding carboxylic acids is 1. The minimum absolute atomic E-state index is 0.0923. The molecule has 0 heterocycles.